The van der Waals surface area contributed by atoms with Gasteiger partial charge < -0.3 is 4.74 Å². The number of rotatable bonds is 6. The highest BCUT2D eigenvalue weighted by molar-refractivity contribution is 7.89. The molecular formula is C19H21NO3S. The van der Waals surface area contributed by atoms with E-state index in [9.17, 15) is 8.42 Å². The van der Waals surface area contributed by atoms with Crippen molar-refractivity contribution in [2.45, 2.75) is 30.6 Å². The van der Waals surface area contributed by atoms with Crippen molar-refractivity contribution < 1.29 is 13.2 Å². The average molecular weight is 343 g/mol. The lowest BCUT2D eigenvalue weighted by atomic mass is 10.0. The Morgan fingerprint density at radius 2 is 1.62 bits per heavy atom. The van der Waals surface area contributed by atoms with Crippen molar-refractivity contribution in [3.8, 4) is 11.5 Å². The number of benzene rings is 2. The fourth-order valence-electron chi connectivity index (χ4n) is 2.65. The lowest BCUT2D eigenvalue weighted by Gasteiger charge is -2.14. The second kappa shape index (κ2) is 7.64. The third-order valence-electron chi connectivity index (χ3n) is 3.99. The molecule has 2 aromatic carbocycles. The quantitative estimate of drug-likeness (QED) is 0.798. The molecule has 1 aliphatic rings. The van der Waals surface area contributed by atoms with E-state index in [4.69, 9.17) is 4.74 Å². The van der Waals surface area contributed by atoms with Crippen LogP contribution in [0, 0.1) is 0 Å². The van der Waals surface area contributed by atoms with Gasteiger partial charge in [0.15, 0.2) is 0 Å². The number of ether oxygens (including phenoxy) is 1. The Morgan fingerprint density at radius 3 is 2.29 bits per heavy atom. The highest BCUT2D eigenvalue weighted by Gasteiger charge is 2.15. The molecule has 24 heavy (non-hydrogen) atoms. The highest BCUT2D eigenvalue weighted by Crippen LogP contribution is 2.23. The van der Waals surface area contributed by atoms with Gasteiger partial charge in [0.25, 0.3) is 0 Å². The molecule has 4 nitrogen and oxygen atoms in total. The summed E-state index contributed by atoms with van der Waals surface area (Å²) < 4.78 is 33.1. The number of hydrogen-bond donors (Lipinski definition) is 1. The minimum atomic E-state index is -3.50. The molecule has 5 heteroatoms. The summed E-state index contributed by atoms with van der Waals surface area (Å²) in [6, 6.07) is 15.9. The Morgan fingerprint density at radius 1 is 0.917 bits per heavy atom. The molecule has 2 aromatic rings. The van der Waals surface area contributed by atoms with Gasteiger partial charge in [0.2, 0.25) is 10.0 Å². The van der Waals surface area contributed by atoms with Gasteiger partial charge in [-0.2, -0.15) is 0 Å². The van der Waals surface area contributed by atoms with Crippen LogP contribution in [0.4, 0.5) is 0 Å². The van der Waals surface area contributed by atoms with Gasteiger partial charge in [-0.1, -0.05) is 29.8 Å². The van der Waals surface area contributed by atoms with Crippen molar-refractivity contribution in [3.05, 3.63) is 66.2 Å². The molecule has 0 saturated carbocycles. The van der Waals surface area contributed by atoms with Gasteiger partial charge in [0.1, 0.15) is 11.5 Å². The first kappa shape index (κ1) is 16.7. The SMILES string of the molecule is O=S(=O)(NCC1=CCCCC1)c1ccc(Oc2ccccc2)cc1. The molecular weight excluding hydrogens is 322 g/mol. The average Bonchev–Trinajstić information content (AvgIpc) is 2.62. The Bertz CT molecular complexity index is 796. The summed E-state index contributed by atoms with van der Waals surface area (Å²) in [6.07, 6.45) is 6.50. The zero-order valence-corrected chi connectivity index (χ0v) is 14.3. The number of nitrogens with one attached hydrogen (secondary N) is 1. The summed E-state index contributed by atoms with van der Waals surface area (Å²) in [5.74, 6) is 1.32. The molecule has 0 atom stereocenters. The van der Waals surface area contributed by atoms with Gasteiger partial charge in [-0.05, 0) is 62.1 Å². The zero-order chi connectivity index (χ0) is 16.8. The molecule has 1 aliphatic carbocycles. The van der Waals surface area contributed by atoms with E-state index in [1.165, 1.54) is 12.0 Å². The fraction of sp³-hybridized carbons (Fsp3) is 0.263. The lowest BCUT2D eigenvalue weighted by Crippen LogP contribution is -2.26. The van der Waals surface area contributed by atoms with Crippen LogP contribution in [0.5, 0.6) is 11.5 Å². The summed E-state index contributed by atoms with van der Waals surface area (Å²) in [6.45, 7) is 0.393. The van der Waals surface area contributed by atoms with E-state index in [0.717, 1.165) is 25.0 Å². The van der Waals surface area contributed by atoms with E-state index in [-0.39, 0.29) is 4.90 Å². The van der Waals surface area contributed by atoms with Gasteiger partial charge in [-0.15, -0.1) is 0 Å². The minimum Gasteiger partial charge on any atom is -0.457 e. The number of hydrogen-bond acceptors (Lipinski definition) is 3. The monoisotopic (exact) mass is 343 g/mol. The van der Waals surface area contributed by atoms with Crippen molar-refractivity contribution in [2.24, 2.45) is 0 Å². The fourth-order valence-corrected chi connectivity index (χ4v) is 3.68. The molecule has 0 amide bonds. The summed E-state index contributed by atoms with van der Waals surface area (Å²) in [4.78, 5) is 0.249. The van der Waals surface area contributed by atoms with Crippen LogP contribution >= 0.6 is 0 Å². The molecule has 1 N–H and O–H groups in total. The van der Waals surface area contributed by atoms with Gasteiger partial charge in [-0.3, -0.25) is 0 Å². The Balaban J connectivity index is 1.64. The largest absolute Gasteiger partial charge is 0.457 e. The second-order valence-corrected chi connectivity index (χ2v) is 7.59. The van der Waals surface area contributed by atoms with Crippen molar-refractivity contribution in [1.29, 1.82) is 0 Å². The van der Waals surface area contributed by atoms with Gasteiger partial charge >= 0.3 is 0 Å². The van der Waals surface area contributed by atoms with E-state index in [2.05, 4.69) is 10.8 Å². The molecule has 0 spiro atoms. The van der Waals surface area contributed by atoms with Crippen LogP contribution in [0.25, 0.3) is 0 Å². The first-order chi connectivity index (χ1) is 11.6. The summed E-state index contributed by atoms with van der Waals surface area (Å²) in [7, 11) is -3.50. The van der Waals surface area contributed by atoms with Crippen molar-refractivity contribution in [1.82, 2.24) is 4.72 Å². The van der Waals surface area contributed by atoms with E-state index >= 15 is 0 Å². The maximum atomic E-state index is 12.4. The first-order valence-corrected chi connectivity index (χ1v) is 9.62. The normalized spacial score (nSPS) is 14.9. The van der Waals surface area contributed by atoms with Crippen LogP contribution < -0.4 is 9.46 Å². The maximum absolute atomic E-state index is 12.4. The summed E-state index contributed by atoms with van der Waals surface area (Å²) >= 11 is 0. The molecule has 0 fully saturated rings. The van der Waals surface area contributed by atoms with Gasteiger partial charge in [0.05, 0.1) is 4.90 Å². The number of para-hydroxylation sites is 1. The molecule has 3 rings (SSSR count). The Labute approximate surface area is 143 Å². The van der Waals surface area contributed by atoms with Gasteiger partial charge in [0, 0.05) is 6.54 Å². The maximum Gasteiger partial charge on any atom is 0.240 e. The predicted octanol–water partition coefficient (Wildman–Crippen LogP) is 4.26. The number of sulfonamides is 1. The zero-order valence-electron chi connectivity index (χ0n) is 13.4. The van der Waals surface area contributed by atoms with Crippen LogP contribution in [0.15, 0.2) is 71.1 Å². The second-order valence-electron chi connectivity index (χ2n) is 5.82. The topological polar surface area (TPSA) is 55.4 Å². The van der Waals surface area contributed by atoms with Crippen LogP contribution in [-0.2, 0) is 10.0 Å². The highest BCUT2D eigenvalue weighted by atomic mass is 32.2. The minimum absolute atomic E-state index is 0.249. The van der Waals surface area contributed by atoms with Crippen molar-refractivity contribution in [3.63, 3.8) is 0 Å². The van der Waals surface area contributed by atoms with E-state index in [0.29, 0.717) is 12.3 Å². The van der Waals surface area contributed by atoms with Crippen LogP contribution in [-0.4, -0.2) is 15.0 Å². The smallest absolute Gasteiger partial charge is 0.240 e. The predicted molar refractivity (Wildman–Crippen MR) is 94.7 cm³/mol. The number of allylic oxidation sites excluding steroid dienone is 1. The Kier molecular flexibility index (Phi) is 5.33. The van der Waals surface area contributed by atoms with Crippen molar-refractivity contribution in [2.75, 3.05) is 6.54 Å². The third-order valence-corrected chi connectivity index (χ3v) is 5.40. The molecule has 0 unspecified atom stereocenters. The molecule has 0 bridgehead atoms. The van der Waals surface area contributed by atoms with Gasteiger partial charge in [-0.25, -0.2) is 13.1 Å². The van der Waals surface area contributed by atoms with Crippen LogP contribution in [0.3, 0.4) is 0 Å². The third kappa shape index (κ3) is 4.46. The lowest BCUT2D eigenvalue weighted by molar-refractivity contribution is 0.482. The first-order valence-electron chi connectivity index (χ1n) is 8.14. The van der Waals surface area contributed by atoms with E-state index < -0.39 is 10.0 Å². The standard InChI is InChI=1S/C19H21NO3S/c21-24(22,20-15-16-7-3-1-4-8-16)19-13-11-18(12-14-19)23-17-9-5-2-6-10-17/h2,5-7,9-14,20H,1,3-4,8,15H2. The molecule has 126 valence electrons. The summed E-state index contributed by atoms with van der Waals surface area (Å²) in [5, 5.41) is 0. The molecule has 0 heterocycles. The molecule has 0 aromatic heterocycles. The summed E-state index contributed by atoms with van der Waals surface area (Å²) in [5.41, 5.74) is 1.17. The van der Waals surface area contributed by atoms with Crippen LogP contribution in [0.1, 0.15) is 25.7 Å². The van der Waals surface area contributed by atoms with Crippen molar-refractivity contribution >= 4 is 10.0 Å². The van der Waals surface area contributed by atoms with Crippen LogP contribution in [0.2, 0.25) is 0 Å². The molecule has 0 radical (unpaired) electrons. The molecule has 0 saturated heterocycles. The molecule has 0 aliphatic heterocycles. The Hall–Kier alpha value is -2.11. The van der Waals surface area contributed by atoms with E-state index in [1.54, 1.807) is 24.3 Å². The van der Waals surface area contributed by atoms with E-state index in [1.807, 2.05) is 30.3 Å².